The van der Waals surface area contributed by atoms with Crippen LogP contribution in [0.25, 0.3) is 0 Å². The average molecular weight is 757 g/mol. The van der Waals surface area contributed by atoms with E-state index in [2.05, 4.69) is 27.0 Å². The van der Waals surface area contributed by atoms with Crippen LogP contribution in [0.1, 0.15) is 25.0 Å². The molecule has 4 aromatic rings. The second kappa shape index (κ2) is 20.5. The van der Waals surface area contributed by atoms with Crippen molar-refractivity contribution in [2.24, 2.45) is 0 Å². The van der Waals surface area contributed by atoms with Gasteiger partial charge < -0.3 is 28.4 Å². The first-order valence-electron chi connectivity index (χ1n) is 16.5. The minimum Gasteiger partial charge on any atom is -0.490 e. The van der Waals surface area contributed by atoms with E-state index >= 15 is 0 Å². The van der Waals surface area contributed by atoms with Gasteiger partial charge in [-0.1, -0.05) is 87.7 Å². The van der Waals surface area contributed by atoms with Crippen LogP contribution >= 0.6 is 23.5 Å². The van der Waals surface area contributed by atoms with Crippen molar-refractivity contribution in [2.45, 2.75) is 41.3 Å². The predicted octanol–water partition coefficient (Wildman–Crippen LogP) is 8.82. The molecule has 53 heavy (non-hydrogen) atoms. The van der Waals surface area contributed by atoms with Crippen LogP contribution in [0, 0.1) is 0 Å². The second-order valence-corrected chi connectivity index (χ2v) is 13.8. The van der Waals surface area contributed by atoms with Gasteiger partial charge in [0.25, 0.3) is 0 Å². The maximum Gasteiger partial charge on any atom is 0.372 e. The summed E-state index contributed by atoms with van der Waals surface area (Å²) in [6.07, 6.45) is 0.370. The van der Waals surface area contributed by atoms with Gasteiger partial charge in [-0.3, -0.25) is 0 Å². The molecule has 0 fully saturated rings. The lowest BCUT2D eigenvalue weighted by Crippen LogP contribution is -2.30. The predicted molar refractivity (Wildman–Crippen MR) is 203 cm³/mol. The van der Waals surface area contributed by atoms with Crippen molar-refractivity contribution in [3.8, 4) is 11.5 Å². The Morgan fingerprint density at radius 3 is 1.47 bits per heavy atom. The molecule has 0 aromatic heterocycles. The SMILES string of the molecule is C=CC(=O)OCC(COc1ccc(C(C)(C)c2ccc(OCC(COC(=O)Sc3ccccc3)OC(=O)C=C)cc2)cc1)OC(=O)Sc1ccccc1. The molecular formula is C41H40O10S2. The molecule has 0 aliphatic rings. The van der Waals surface area contributed by atoms with Gasteiger partial charge in [-0.05, 0) is 83.2 Å². The molecule has 12 heteroatoms. The molecular weight excluding hydrogens is 717 g/mol. The third kappa shape index (κ3) is 13.6. The van der Waals surface area contributed by atoms with Crippen molar-refractivity contribution in [3.63, 3.8) is 0 Å². The number of rotatable bonds is 18. The molecule has 0 aliphatic heterocycles. The number of thioether (sulfide) groups is 2. The van der Waals surface area contributed by atoms with Crippen LogP contribution in [0.2, 0.25) is 0 Å². The summed E-state index contributed by atoms with van der Waals surface area (Å²) in [5, 5.41) is -1.08. The van der Waals surface area contributed by atoms with Gasteiger partial charge in [-0.2, -0.15) is 0 Å². The van der Waals surface area contributed by atoms with Crippen LogP contribution in [0.3, 0.4) is 0 Å². The van der Waals surface area contributed by atoms with E-state index in [4.69, 9.17) is 28.4 Å². The third-order valence-corrected chi connectivity index (χ3v) is 9.15. The average Bonchev–Trinajstić information content (AvgIpc) is 3.17. The Kier molecular flexibility index (Phi) is 15.6. The highest BCUT2D eigenvalue weighted by molar-refractivity contribution is 8.13. The summed E-state index contributed by atoms with van der Waals surface area (Å²) >= 11 is 1.86. The molecule has 0 N–H and O–H groups in total. The van der Waals surface area contributed by atoms with E-state index in [0.29, 0.717) is 11.5 Å². The van der Waals surface area contributed by atoms with E-state index in [9.17, 15) is 19.2 Å². The minimum absolute atomic E-state index is 0.0432. The summed E-state index contributed by atoms with van der Waals surface area (Å²) in [4.78, 5) is 49.9. The van der Waals surface area contributed by atoms with E-state index in [1.54, 1.807) is 24.3 Å². The summed E-state index contributed by atoms with van der Waals surface area (Å²) in [7, 11) is 0. The highest BCUT2D eigenvalue weighted by Crippen LogP contribution is 2.33. The first-order valence-corrected chi connectivity index (χ1v) is 18.1. The monoisotopic (exact) mass is 756 g/mol. The van der Waals surface area contributed by atoms with Gasteiger partial charge in [0.05, 0.1) is 0 Å². The smallest absolute Gasteiger partial charge is 0.372 e. The molecule has 2 atom stereocenters. The van der Waals surface area contributed by atoms with Crippen LogP contribution < -0.4 is 9.47 Å². The molecule has 0 bridgehead atoms. The maximum atomic E-state index is 12.6. The summed E-state index contributed by atoms with van der Waals surface area (Å²) < 4.78 is 33.2. The summed E-state index contributed by atoms with van der Waals surface area (Å²) in [6, 6.07) is 33.2. The zero-order chi connectivity index (χ0) is 38.1. The Morgan fingerprint density at radius 1 is 0.566 bits per heavy atom. The highest BCUT2D eigenvalue weighted by atomic mass is 32.2. The Labute approximate surface area is 317 Å². The van der Waals surface area contributed by atoms with Crippen molar-refractivity contribution in [3.05, 3.63) is 146 Å². The van der Waals surface area contributed by atoms with Gasteiger partial charge in [0, 0.05) is 27.4 Å². The number of esters is 2. The van der Waals surface area contributed by atoms with Crippen molar-refractivity contribution in [2.75, 3.05) is 26.4 Å². The fourth-order valence-corrected chi connectivity index (χ4v) is 5.96. The van der Waals surface area contributed by atoms with Crippen molar-refractivity contribution >= 4 is 46.1 Å². The van der Waals surface area contributed by atoms with Crippen molar-refractivity contribution in [1.29, 1.82) is 0 Å². The molecule has 10 nitrogen and oxygen atoms in total. The molecule has 0 aliphatic carbocycles. The van der Waals surface area contributed by atoms with Gasteiger partial charge in [-0.25, -0.2) is 19.2 Å². The highest BCUT2D eigenvalue weighted by Gasteiger charge is 2.24. The molecule has 0 saturated heterocycles. The number of carbonyl (C=O) groups is 4. The standard InChI is InChI=1S/C41H40O10S2/c1-5-37(42)48-27-34(51-40(45)53-36-15-11-8-12-16-36)26-47-32-23-19-30(20-24-32)41(3,4)29-17-21-31(22-18-29)46-25-33(50-38(43)6-2)28-49-39(44)52-35-13-9-7-10-14-35/h5-24,33-34H,1-2,25-28H2,3-4H3. The van der Waals surface area contributed by atoms with E-state index in [1.807, 2.05) is 84.9 Å². The zero-order valence-corrected chi connectivity index (χ0v) is 31.0. The van der Waals surface area contributed by atoms with Gasteiger partial charge in [0.2, 0.25) is 0 Å². The maximum absolute atomic E-state index is 12.6. The van der Waals surface area contributed by atoms with Crippen molar-refractivity contribution in [1.82, 2.24) is 0 Å². The first-order chi connectivity index (χ1) is 25.5. The van der Waals surface area contributed by atoms with Crippen LogP contribution in [0.4, 0.5) is 9.59 Å². The van der Waals surface area contributed by atoms with Gasteiger partial charge in [0.1, 0.15) is 37.9 Å². The van der Waals surface area contributed by atoms with Crippen LogP contribution in [-0.4, -0.2) is 61.2 Å². The lowest BCUT2D eigenvalue weighted by Gasteiger charge is -2.27. The lowest BCUT2D eigenvalue weighted by molar-refractivity contribution is -0.146. The topological polar surface area (TPSA) is 124 Å². The molecule has 0 amide bonds. The fourth-order valence-electron chi connectivity index (χ4n) is 4.68. The number of ether oxygens (including phenoxy) is 6. The zero-order valence-electron chi connectivity index (χ0n) is 29.3. The van der Waals surface area contributed by atoms with E-state index in [1.165, 1.54) is 0 Å². The molecule has 0 saturated carbocycles. The number of hydrogen-bond acceptors (Lipinski definition) is 12. The van der Waals surface area contributed by atoms with E-state index in [0.717, 1.165) is 56.6 Å². The number of carbonyl (C=O) groups excluding carboxylic acids is 4. The van der Waals surface area contributed by atoms with Crippen molar-refractivity contribution < 1.29 is 47.6 Å². The van der Waals surface area contributed by atoms with Gasteiger partial charge in [0.15, 0.2) is 12.2 Å². The molecule has 0 spiro atoms. The molecule has 0 heterocycles. The Bertz CT molecular complexity index is 1810. The Hall–Kier alpha value is -5.46. The normalized spacial score (nSPS) is 12.0. The number of hydrogen-bond donors (Lipinski definition) is 0. The van der Waals surface area contributed by atoms with Crippen LogP contribution in [0.5, 0.6) is 11.5 Å². The van der Waals surface area contributed by atoms with E-state index in [-0.39, 0.29) is 26.4 Å². The summed E-state index contributed by atoms with van der Waals surface area (Å²) in [6.45, 7) is 10.5. The first kappa shape index (κ1) is 40.3. The van der Waals surface area contributed by atoms with Crippen LogP contribution in [-0.2, 0) is 34.0 Å². The summed E-state index contributed by atoms with van der Waals surface area (Å²) in [5.74, 6) is -0.220. The molecule has 4 rings (SSSR count). The largest absolute Gasteiger partial charge is 0.490 e. The lowest BCUT2D eigenvalue weighted by atomic mass is 9.78. The Morgan fingerprint density at radius 2 is 1.00 bits per heavy atom. The minimum atomic E-state index is -0.852. The Balaban J connectivity index is 1.31. The third-order valence-electron chi connectivity index (χ3n) is 7.59. The van der Waals surface area contributed by atoms with Gasteiger partial charge in [-0.15, -0.1) is 0 Å². The second-order valence-electron chi connectivity index (χ2n) is 11.8. The molecule has 4 aromatic carbocycles. The molecule has 0 radical (unpaired) electrons. The fraction of sp³-hybridized carbons (Fsp3) is 0.220. The molecule has 2 unspecified atom stereocenters. The van der Waals surface area contributed by atoms with E-state index < -0.39 is 40.2 Å². The van der Waals surface area contributed by atoms with Gasteiger partial charge >= 0.3 is 22.5 Å². The molecule has 276 valence electrons. The quantitative estimate of drug-likeness (QED) is 0.0417. The summed E-state index contributed by atoms with van der Waals surface area (Å²) in [5.41, 5.74) is 1.61. The van der Waals surface area contributed by atoms with Crippen LogP contribution in [0.15, 0.2) is 144 Å². The number of benzene rings is 4.